The summed E-state index contributed by atoms with van der Waals surface area (Å²) in [6.07, 6.45) is 0. The predicted octanol–water partition coefficient (Wildman–Crippen LogP) is 5.35. The van der Waals surface area contributed by atoms with Crippen LogP contribution in [0.5, 0.6) is 11.5 Å². The minimum Gasteiger partial charge on any atom is -0.483 e. The number of hydrogen-bond acceptors (Lipinski definition) is 4. The molecule has 0 aliphatic rings. The molecule has 0 N–H and O–H groups in total. The maximum atomic E-state index is 13.7. The molecule has 176 valence electrons. The Kier molecular flexibility index (Phi) is 7.12. The van der Waals surface area contributed by atoms with Gasteiger partial charge in [-0.25, -0.2) is 4.39 Å². The molecule has 1 amide bonds. The van der Waals surface area contributed by atoms with Crippen molar-refractivity contribution in [2.75, 3.05) is 14.1 Å². The minimum atomic E-state index is -0.430. The number of benzene rings is 3. The lowest BCUT2D eigenvalue weighted by Gasteiger charge is -2.16. The highest BCUT2D eigenvalue weighted by Crippen LogP contribution is 2.41. The third-order valence-corrected chi connectivity index (χ3v) is 5.34. The Morgan fingerprint density at radius 1 is 0.857 bits per heavy atom. The van der Waals surface area contributed by atoms with Crippen molar-refractivity contribution >= 4 is 5.91 Å². The van der Waals surface area contributed by atoms with Gasteiger partial charge in [-0.3, -0.25) is 9.36 Å². The van der Waals surface area contributed by atoms with E-state index in [1.807, 2.05) is 60.7 Å². The lowest BCUT2D eigenvalue weighted by atomic mass is 10.2. The number of halogens is 1. The van der Waals surface area contributed by atoms with Gasteiger partial charge in [0.05, 0.1) is 0 Å². The highest BCUT2D eigenvalue weighted by Gasteiger charge is 2.32. The van der Waals surface area contributed by atoms with E-state index in [0.717, 1.165) is 11.1 Å². The van der Waals surface area contributed by atoms with Crippen molar-refractivity contribution in [3.8, 4) is 23.3 Å². The summed E-state index contributed by atoms with van der Waals surface area (Å²) in [5.74, 6) is -0.504. The van der Waals surface area contributed by atoms with E-state index >= 15 is 0 Å². The summed E-state index contributed by atoms with van der Waals surface area (Å²) in [4.78, 5) is 14.8. The van der Waals surface area contributed by atoms with Crippen LogP contribution in [0, 0.1) is 17.1 Å². The topological polar surface area (TPSA) is 67.5 Å². The molecule has 0 aliphatic carbocycles. The van der Waals surface area contributed by atoms with Gasteiger partial charge in [0.15, 0.2) is 22.9 Å². The van der Waals surface area contributed by atoms with Crippen LogP contribution in [-0.2, 0) is 13.2 Å². The largest absolute Gasteiger partial charge is 0.483 e. The van der Waals surface area contributed by atoms with E-state index in [0.29, 0.717) is 5.69 Å². The summed E-state index contributed by atoms with van der Waals surface area (Å²) in [6, 6.07) is 26.7. The fraction of sp³-hybridized carbons (Fsp3) is 0.143. The molecule has 0 fully saturated rings. The summed E-state index contributed by atoms with van der Waals surface area (Å²) in [7, 11) is 3.23. The van der Waals surface area contributed by atoms with Crippen LogP contribution < -0.4 is 9.47 Å². The van der Waals surface area contributed by atoms with Gasteiger partial charge in [0.2, 0.25) is 0 Å². The van der Waals surface area contributed by atoms with E-state index in [2.05, 4.69) is 6.07 Å². The summed E-state index contributed by atoms with van der Waals surface area (Å²) in [5.41, 5.74) is 2.42. The van der Waals surface area contributed by atoms with Gasteiger partial charge in [-0.1, -0.05) is 60.7 Å². The first-order valence-electron chi connectivity index (χ1n) is 11.0. The standard InChI is InChI=1S/C28H24FN3O3/c1-31(2)28(33)25-27(35-19-21-11-7-4-8-12-21)26(34-18-20-9-5-3-6-10-20)24(17-30)32(25)23-15-13-22(29)14-16-23/h3-16H,18-19H2,1-2H3. The van der Waals surface area contributed by atoms with Crippen molar-refractivity contribution in [3.05, 3.63) is 113 Å². The lowest BCUT2D eigenvalue weighted by molar-refractivity contribution is 0.0814. The van der Waals surface area contributed by atoms with E-state index < -0.39 is 5.82 Å². The van der Waals surface area contributed by atoms with Crippen molar-refractivity contribution in [1.82, 2.24) is 9.47 Å². The molecule has 0 bridgehead atoms. The normalized spacial score (nSPS) is 10.5. The molecule has 0 spiro atoms. The van der Waals surface area contributed by atoms with Gasteiger partial charge in [0.1, 0.15) is 25.1 Å². The molecule has 0 atom stereocenters. The number of carbonyl (C=O) groups excluding carboxylic acids is 1. The number of amides is 1. The SMILES string of the molecule is CN(C)C(=O)c1c(OCc2ccccc2)c(OCc2ccccc2)c(C#N)n1-c1ccc(F)cc1. The van der Waals surface area contributed by atoms with Gasteiger partial charge >= 0.3 is 0 Å². The van der Waals surface area contributed by atoms with Crippen LogP contribution in [0.25, 0.3) is 5.69 Å². The Hall–Kier alpha value is -4.57. The average molecular weight is 470 g/mol. The highest BCUT2D eigenvalue weighted by atomic mass is 19.1. The molecular weight excluding hydrogens is 445 g/mol. The van der Waals surface area contributed by atoms with Gasteiger partial charge < -0.3 is 14.4 Å². The predicted molar refractivity (Wildman–Crippen MR) is 130 cm³/mol. The molecule has 1 aromatic heterocycles. The minimum absolute atomic E-state index is 0.0841. The van der Waals surface area contributed by atoms with E-state index in [4.69, 9.17) is 9.47 Å². The molecule has 0 radical (unpaired) electrons. The van der Waals surface area contributed by atoms with Crippen LogP contribution in [-0.4, -0.2) is 29.5 Å². The average Bonchev–Trinajstić information content (AvgIpc) is 3.20. The van der Waals surface area contributed by atoms with E-state index in [-0.39, 0.29) is 42.0 Å². The summed E-state index contributed by atoms with van der Waals surface area (Å²) >= 11 is 0. The molecule has 0 unspecified atom stereocenters. The number of aromatic nitrogens is 1. The molecule has 0 saturated heterocycles. The monoisotopic (exact) mass is 469 g/mol. The number of ether oxygens (including phenoxy) is 2. The van der Waals surface area contributed by atoms with Gasteiger partial charge in [-0.15, -0.1) is 0 Å². The summed E-state index contributed by atoms with van der Waals surface area (Å²) in [6.45, 7) is 0.328. The third kappa shape index (κ3) is 5.17. The Balaban J connectivity index is 1.88. The zero-order chi connectivity index (χ0) is 24.8. The van der Waals surface area contributed by atoms with Crippen LogP contribution >= 0.6 is 0 Å². The number of nitriles is 1. The van der Waals surface area contributed by atoms with Gasteiger partial charge in [0.25, 0.3) is 5.91 Å². The second kappa shape index (κ2) is 10.6. The number of hydrogen-bond donors (Lipinski definition) is 0. The van der Waals surface area contributed by atoms with Gasteiger partial charge in [0, 0.05) is 19.8 Å². The first kappa shape index (κ1) is 23.6. The van der Waals surface area contributed by atoms with E-state index in [9.17, 15) is 14.4 Å². The quantitative estimate of drug-likeness (QED) is 0.349. The maximum absolute atomic E-state index is 13.7. The Bertz CT molecular complexity index is 1340. The van der Waals surface area contributed by atoms with E-state index in [1.54, 1.807) is 14.1 Å². The molecule has 6 nitrogen and oxygen atoms in total. The first-order chi connectivity index (χ1) is 17.0. The van der Waals surface area contributed by atoms with Crippen LogP contribution in [0.1, 0.15) is 27.3 Å². The lowest BCUT2D eigenvalue weighted by Crippen LogP contribution is -2.25. The maximum Gasteiger partial charge on any atom is 0.274 e. The molecule has 0 aliphatic heterocycles. The highest BCUT2D eigenvalue weighted by molar-refractivity contribution is 5.98. The van der Waals surface area contributed by atoms with Crippen molar-refractivity contribution in [3.63, 3.8) is 0 Å². The van der Waals surface area contributed by atoms with Crippen molar-refractivity contribution in [2.24, 2.45) is 0 Å². The van der Waals surface area contributed by atoms with Crippen LogP contribution in [0.3, 0.4) is 0 Å². The summed E-state index contributed by atoms with van der Waals surface area (Å²) < 4.78 is 27.4. The Labute approximate surface area is 203 Å². The Morgan fingerprint density at radius 2 is 1.37 bits per heavy atom. The third-order valence-electron chi connectivity index (χ3n) is 5.34. The number of carbonyl (C=O) groups is 1. The number of nitrogens with zero attached hydrogens (tertiary/aromatic N) is 3. The second-order valence-corrected chi connectivity index (χ2v) is 8.03. The first-order valence-corrected chi connectivity index (χ1v) is 11.0. The molecule has 0 saturated carbocycles. The smallest absolute Gasteiger partial charge is 0.274 e. The fourth-order valence-electron chi connectivity index (χ4n) is 3.61. The molecule has 35 heavy (non-hydrogen) atoms. The second-order valence-electron chi connectivity index (χ2n) is 8.03. The molecule has 4 aromatic rings. The molecule has 7 heteroatoms. The van der Waals surface area contributed by atoms with Crippen molar-refractivity contribution in [2.45, 2.75) is 13.2 Å². The number of rotatable bonds is 8. The molecule has 3 aromatic carbocycles. The fourth-order valence-corrected chi connectivity index (χ4v) is 3.61. The van der Waals surface area contributed by atoms with Crippen LogP contribution in [0.4, 0.5) is 4.39 Å². The van der Waals surface area contributed by atoms with Gasteiger partial charge in [-0.05, 0) is 35.4 Å². The molecular formula is C28H24FN3O3. The summed E-state index contributed by atoms with van der Waals surface area (Å²) in [5, 5.41) is 10.2. The zero-order valence-corrected chi connectivity index (χ0v) is 19.4. The molecule has 1 heterocycles. The molecule has 4 rings (SSSR count). The zero-order valence-electron chi connectivity index (χ0n) is 19.4. The van der Waals surface area contributed by atoms with Crippen LogP contribution in [0.15, 0.2) is 84.9 Å². The van der Waals surface area contributed by atoms with Gasteiger partial charge in [-0.2, -0.15) is 5.26 Å². The Morgan fingerprint density at radius 3 is 1.86 bits per heavy atom. The van der Waals surface area contributed by atoms with Crippen molar-refractivity contribution < 1.29 is 18.7 Å². The van der Waals surface area contributed by atoms with Crippen molar-refractivity contribution in [1.29, 1.82) is 5.26 Å². The van der Waals surface area contributed by atoms with Crippen LogP contribution in [0.2, 0.25) is 0 Å². The van der Waals surface area contributed by atoms with E-state index in [1.165, 1.54) is 33.7 Å².